The van der Waals surface area contributed by atoms with Gasteiger partial charge < -0.3 is 21.8 Å². The fourth-order valence-corrected chi connectivity index (χ4v) is 2.35. The fourth-order valence-electron chi connectivity index (χ4n) is 2.16. The van der Waals surface area contributed by atoms with Crippen LogP contribution in [0.5, 0.6) is 0 Å². The van der Waals surface area contributed by atoms with Crippen LogP contribution in [0.1, 0.15) is 28.5 Å². The van der Waals surface area contributed by atoms with Crippen LogP contribution in [0.2, 0.25) is 5.28 Å². The topological polar surface area (TPSA) is 117 Å². The number of hydrogen-bond donors (Lipinski definition) is 4. The lowest BCUT2D eigenvalue weighted by molar-refractivity contribution is 0.0964. The molecule has 2 rings (SSSR count). The minimum Gasteiger partial charge on any atom is -0.355 e. The molecule has 0 radical (unpaired) electrons. The first kappa shape index (κ1) is 16.9. The molecule has 120 valence electrons. The number of carbonyl (C=O) groups excluding carboxylic acids is 1. The second-order valence-corrected chi connectivity index (χ2v) is 5.08. The zero-order valence-corrected chi connectivity index (χ0v) is 13.5. The van der Waals surface area contributed by atoms with Gasteiger partial charge in [0.2, 0.25) is 5.28 Å². The highest BCUT2D eigenvalue weighted by atomic mass is 35.5. The first-order chi connectivity index (χ1) is 11.0. The van der Waals surface area contributed by atoms with Gasteiger partial charge in [0.05, 0.1) is 22.5 Å². The molecule has 0 saturated carbocycles. The van der Waals surface area contributed by atoms with E-state index in [-0.39, 0.29) is 23.4 Å². The average Bonchev–Trinajstić information content (AvgIpc) is 2.53. The minimum absolute atomic E-state index is 0.0235. The van der Waals surface area contributed by atoms with E-state index in [1.807, 2.05) is 0 Å². The van der Waals surface area contributed by atoms with Crippen LogP contribution in [0.3, 0.4) is 0 Å². The van der Waals surface area contributed by atoms with E-state index in [2.05, 4.69) is 20.6 Å². The number of nitrogens with one attached hydrogen (secondary N) is 3. The maximum Gasteiger partial charge on any atom is 0.253 e. The minimum atomic E-state index is -0.236. The predicted molar refractivity (Wildman–Crippen MR) is 90.6 cm³/mol. The average molecular weight is 333 g/mol. The van der Waals surface area contributed by atoms with Crippen molar-refractivity contribution in [2.45, 2.75) is 13.5 Å². The summed E-state index contributed by atoms with van der Waals surface area (Å²) >= 11 is 5.93. The Kier molecular flexibility index (Phi) is 5.25. The Balaban J connectivity index is 2.55. The molecule has 8 heteroatoms. The van der Waals surface area contributed by atoms with Gasteiger partial charge in [-0.2, -0.15) is 4.98 Å². The van der Waals surface area contributed by atoms with Gasteiger partial charge in [0.15, 0.2) is 0 Å². The Morgan fingerprint density at radius 2 is 2.04 bits per heavy atom. The number of carbonyl (C=O) groups is 1. The number of para-hydroxylation sites is 1. The number of anilines is 2. The first-order valence-corrected chi connectivity index (χ1v) is 7.25. The number of hydrogen-bond acceptors (Lipinski definition) is 6. The molecule has 0 fully saturated rings. The van der Waals surface area contributed by atoms with E-state index >= 15 is 0 Å². The van der Waals surface area contributed by atoms with Gasteiger partial charge in [-0.05, 0) is 30.7 Å². The van der Waals surface area contributed by atoms with E-state index in [4.69, 9.17) is 22.7 Å². The molecule has 0 bridgehead atoms. The van der Waals surface area contributed by atoms with Crippen molar-refractivity contribution in [3.05, 3.63) is 46.4 Å². The summed E-state index contributed by atoms with van der Waals surface area (Å²) in [6.45, 7) is 1.74. The molecule has 0 spiro atoms. The van der Waals surface area contributed by atoms with Gasteiger partial charge in [-0.15, -0.1) is 0 Å². The summed E-state index contributed by atoms with van der Waals surface area (Å²) in [6, 6.07) is 6.98. The lowest BCUT2D eigenvalue weighted by Gasteiger charge is -2.15. The van der Waals surface area contributed by atoms with Gasteiger partial charge in [0.1, 0.15) is 5.82 Å². The van der Waals surface area contributed by atoms with Gasteiger partial charge in [-0.3, -0.25) is 4.79 Å². The molecule has 2 aromatic rings. The lowest BCUT2D eigenvalue weighted by atomic mass is 10.1. The molecule has 1 aromatic carbocycles. The van der Waals surface area contributed by atoms with E-state index in [1.165, 1.54) is 0 Å². The van der Waals surface area contributed by atoms with Crippen LogP contribution < -0.4 is 16.4 Å². The van der Waals surface area contributed by atoms with E-state index in [0.29, 0.717) is 28.3 Å². The summed E-state index contributed by atoms with van der Waals surface area (Å²) in [4.78, 5) is 20.2. The van der Waals surface area contributed by atoms with Gasteiger partial charge in [-0.1, -0.05) is 12.1 Å². The molecule has 1 amide bonds. The smallest absolute Gasteiger partial charge is 0.253 e. The van der Waals surface area contributed by atoms with Crippen LogP contribution in [-0.4, -0.2) is 28.6 Å². The third kappa shape index (κ3) is 3.64. The number of amides is 1. The molecule has 0 aliphatic rings. The lowest BCUT2D eigenvalue weighted by Crippen LogP contribution is -2.20. The second-order valence-electron chi connectivity index (χ2n) is 4.74. The van der Waals surface area contributed by atoms with Crippen molar-refractivity contribution in [1.29, 1.82) is 5.41 Å². The quantitative estimate of drug-likeness (QED) is 0.494. The Morgan fingerprint density at radius 1 is 1.35 bits per heavy atom. The molecule has 0 unspecified atom stereocenters. The molecular formula is C15H17ClN6O. The Labute approximate surface area is 138 Å². The fraction of sp³-hybridized carbons (Fsp3) is 0.200. The number of benzene rings is 1. The third-order valence-corrected chi connectivity index (χ3v) is 3.35. The Morgan fingerprint density at radius 3 is 2.65 bits per heavy atom. The van der Waals surface area contributed by atoms with Crippen molar-refractivity contribution in [3.8, 4) is 0 Å². The molecule has 0 aliphatic heterocycles. The van der Waals surface area contributed by atoms with Crippen molar-refractivity contribution in [3.63, 3.8) is 0 Å². The Bertz CT molecular complexity index is 762. The van der Waals surface area contributed by atoms with Crippen LogP contribution in [0.4, 0.5) is 11.5 Å². The zero-order valence-electron chi connectivity index (χ0n) is 12.8. The number of nitrogens with two attached hydrogens (primary N) is 1. The van der Waals surface area contributed by atoms with Crippen molar-refractivity contribution in [1.82, 2.24) is 15.3 Å². The number of rotatable bonds is 5. The normalized spacial score (nSPS) is 10.3. The molecule has 0 aliphatic carbocycles. The van der Waals surface area contributed by atoms with Gasteiger partial charge in [0, 0.05) is 19.3 Å². The molecule has 1 heterocycles. The molecule has 1 aromatic heterocycles. The maximum absolute atomic E-state index is 12.0. The summed E-state index contributed by atoms with van der Waals surface area (Å²) in [7, 11) is 1.56. The molecule has 0 atom stereocenters. The van der Waals surface area contributed by atoms with E-state index < -0.39 is 0 Å². The summed E-state index contributed by atoms with van der Waals surface area (Å²) in [5, 5.41) is 13.6. The van der Waals surface area contributed by atoms with Crippen LogP contribution in [0.25, 0.3) is 0 Å². The SMILES string of the molecule is CNC(=O)c1ccccc1Nc1nc(Cl)nc(CN)c1C(C)=N. The maximum atomic E-state index is 12.0. The highest BCUT2D eigenvalue weighted by Gasteiger charge is 2.17. The molecule has 0 saturated heterocycles. The summed E-state index contributed by atoms with van der Waals surface area (Å²) in [6.07, 6.45) is 0. The summed E-state index contributed by atoms with van der Waals surface area (Å²) in [5.41, 5.74) is 7.88. The number of halogens is 1. The predicted octanol–water partition coefficient (Wildman–Crippen LogP) is 2.08. The van der Waals surface area contributed by atoms with Crippen LogP contribution in [0, 0.1) is 5.41 Å². The van der Waals surface area contributed by atoms with Gasteiger partial charge >= 0.3 is 0 Å². The first-order valence-electron chi connectivity index (χ1n) is 6.88. The third-order valence-electron chi connectivity index (χ3n) is 3.18. The highest BCUT2D eigenvalue weighted by Crippen LogP contribution is 2.25. The van der Waals surface area contributed by atoms with Gasteiger partial charge in [0.25, 0.3) is 5.91 Å². The van der Waals surface area contributed by atoms with Gasteiger partial charge in [-0.25, -0.2) is 4.98 Å². The molecular weight excluding hydrogens is 316 g/mol. The molecule has 23 heavy (non-hydrogen) atoms. The van der Waals surface area contributed by atoms with Crippen molar-refractivity contribution in [2.75, 3.05) is 12.4 Å². The monoisotopic (exact) mass is 332 g/mol. The van der Waals surface area contributed by atoms with Crippen molar-refractivity contribution in [2.24, 2.45) is 5.73 Å². The number of aromatic nitrogens is 2. The van der Waals surface area contributed by atoms with E-state index in [0.717, 1.165) is 0 Å². The summed E-state index contributed by atoms with van der Waals surface area (Å²) in [5.74, 6) is 0.106. The second kappa shape index (κ2) is 7.17. The zero-order chi connectivity index (χ0) is 17.0. The van der Waals surface area contributed by atoms with Crippen LogP contribution >= 0.6 is 11.6 Å². The number of nitrogens with zero attached hydrogens (tertiary/aromatic N) is 2. The van der Waals surface area contributed by atoms with Crippen molar-refractivity contribution >= 4 is 34.7 Å². The molecule has 5 N–H and O–H groups in total. The standard InChI is InChI=1S/C15H17ClN6O/c1-8(18)12-11(7-17)21-15(16)22-13(12)20-10-6-4-3-5-9(10)14(23)19-2/h3-6,18H,7,17H2,1-2H3,(H,19,23)(H,20,21,22). The van der Waals surface area contributed by atoms with E-state index in [1.54, 1.807) is 38.2 Å². The summed E-state index contributed by atoms with van der Waals surface area (Å²) < 4.78 is 0. The highest BCUT2D eigenvalue weighted by molar-refractivity contribution is 6.28. The van der Waals surface area contributed by atoms with Crippen molar-refractivity contribution < 1.29 is 4.79 Å². The van der Waals surface area contributed by atoms with Crippen LogP contribution in [0.15, 0.2) is 24.3 Å². The Hall–Kier alpha value is -2.51. The molecule has 7 nitrogen and oxygen atoms in total. The van der Waals surface area contributed by atoms with Crippen LogP contribution in [-0.2, 0) is 6.54 Å². The largest absolute Gasteiger partial charge is 0.355 e. The van der Waals surface area contributed by atoms with E-state index in [9.17, 15) is 4.79 Å².